The smallest absolute Gasteiger partial charge is 0.283 e. The van der Waals surface area contributed by atoms with E-state index in [4.69, 9.17) is 10.5 Å². The summed E-state index contributed by atoms with van der Waals surface area (Å²) in [6.07, 6.45) is -1.81. The molecule has 1 fully saturated rings. The molecule has 1 aliphatic heterocycles. The van der Waals surface area contributed by atoms with Gasteiger partial charge in [-0.3, -0.25) is 0 Å². The van der Waals surface area contributed by atoms with Crippen LogP contribution >= 0.6 is 0 Å². The minimum absolute atomic E-state index is 0.228. The topological polar surface area (TPSA) is 47.6 Å². The van der Waals surface area contributed by atoms with Gasteiger partial charge < -0.3 is 10.5 Å². The van der Waals surface area contributed by atoms with Crippen LogP contribution in [-0.4, -0.2) is 30.9 Å². The van der Waals surface area contributed by atoms with E-state index >= 15 is 0 Å². The molecule has 1 aromatic carbocycles. The summed E-state index contributed by atoms with van der Waals surface area (Å²) in [5.74, 6) is -5.46. The number of nitrogens with two attached hydrogens (primary N) is 1. The second kappa shape index (κ2) is 5.07. The highest BCUT2D eigenvalue weighted by molar-refractivity contribution is 5.74. The minimum Gasteiger partial charge on any atom is -0.455 e. The fourth-order valence-electron chi connectivity index (χ4n) is 3.76. The molecule has 0 aromatic heterocycles. The molecular formula is C15H15F5N2O. The number of amidine groups is 1. The number of hydrogen-bond acceptors (Lipinski definition) is 3. The van der Waals surface area contributed by atoms with E-state index in [1.54, 1.807) is 0 Å². The van der Waals surface area contributed by atoms with Gasteiger partial charge in [-0.15, -0.1) is 0 Å². The van der Waals surface area contributed by atoms with Gasteiger partial charge in [-0.2, -0.15) is 0 Å². The molecular weight excluding hydrogens is 319 g/mol. The first-order chi connectivity index (χ1) is 10.8. The van der Waals surface area contributed by atoms with E-state index in [1.807, 2.05) is 0 Å². The number of aliphatic imine (C=N–C) groups is 1. The highest BCUT2D eigenvalue weighted by Crippen LogP contribution is 2.58. The summed E-state index contributed by atoms with van der Waals surface area (Å²) in [6.45, 7) is -2.58. The molecule has 3 rings (SSSR count). The van der Waals surface area contributed by atoms with Crippen LogP contribution in [0.15, 0.2) is 29.3 Å². The standard InChI is InChI=1S/C15H15F5N2O/c16-7-13-6-14(19,20)5-11(13)15(8-17,22-12(21)23-13)9-3-1-2-4-10(9)18/h1-4,11H,5-8H2,(H2,21,22). The molecule has 1 heterocycles. The van der Waals surface area contributed by atoms with Crippen molar-refractivity contribution in [2.75, 3.05) is 13.3 Å². The normalized spacial score (nSPS) is 35.3. The van der Waals surface area contributed by atoms with Crippen LogP contribution in [0, 0.1) is 11.7 Å². The van der Waals surface area contributed by atoms with Gasteiger partial charge in [-0.1, -0.05) is 18.2 Å². The van der Waals surface area contributed by atoms with Crippen LogP contribution in [0.1, 0.15) is 18.4 Å². The number of alkyl halides is 4. The number of fused-ring (bicyclic) bond motifs is 1. The lowest BCUT2D eigenvalue weighted by molar-refractivity contribution is -0.0693. The van der Waals surface area contributed by atoms with Gasteiger partial charge in [0.1, 0.15) is 24.7 Å². The second-order valence-corrected chi connectivity index (χ2v) is 6.08. The van der Waals surface area contributed by atoms with Crippen molar-refractivity contribution >= 4 is 6.02 Å². The number of rotatable bonds is 3. The fraction of sp³-hybridized carbons (Fsp3) is 0.533. The van der Waals surface area contributed by atoms with E-state index in [0.717, 1.165) is 6.07 Å². The first-order valence-corrected chi connectivity index (χ1v) is 7.08. The molecule has 8 heteroatoms. The van der Waals surface area contributed by atoms with Gasteiger partial charge in [-0.05, 0) is 6.07 Å². The highest BCUT2D eigenvalue weighted by atomic mass is 19.3. The molecule has 3 unspecified atom stereocenters. The quantitative estimate of drug-likeness (QED) is 0.864. The molecule has 0 spiro atoms. The average molecular weight is 334 g/mol. The maximum Gasteiger partial charge on any atom is 0.283 e. The maximum absolute atomic E-state index is 14.2. The van der Waals surface area contributed by atoms with Gasteiger partial charge in [-0.25, -0.2) is 26.9 Å². The number of benzene rings is 1. The molecule has 2 aliphatic rings. The third-order valence-electron chi connectivity index (χ3n) is 4.66. The van der Waals surface area contributed by atoms with Crippen LogP contribution in [0.4, 0.5) is 22.0 Å². The molecule has 2 N–H and O–H groups in total. The van der Waals surface area contributed by atoms with Gasteiger partial charge in [0.2, 0.25) is 0 Å². The molecule has 0 amide bonds. The first-order valence-electron chi connectivity index (χ1n) is 7.08. The molecule has 3 nitrogen and oxygen atoms in total. The zero-order chi connectivity index (χ0) is 16.9. The minimum atomic E-state index is -3.28. The molecule has 0 bridgehead atoms. The Labute approximate surface area is 129 Å². The third-order valence-corrected chi connectivity index (χ3v) is 4.66. The summed E-state index contributed by atoms with van der Waals surface area (Å²) in [4.78, 5) is 3.82. The Kier molecular flexibility index (Phi) is 3.53. The number of hydrogen-bond donors (Lipinski definition) is 1. The molecule has 1 aliphatic carbocycles. The number of halogens is 5. The second-order valence-electron chi connectivity index (χ2n) is 6.08. The van der Waals surface area contributed by atoms with Gasteiger partial charge >= 0.3 is 0 Å². The number of ether oxygens (including phenoxy) is 1. The summed E-state index contributed by atoms with van der Waals surface area (Å²) in [5, 5.41) is 0. The number of nitrogens with zero attached hydrogens (tertiary/aromatic N) is 1. The largest absolute Gasteiger partial charge is 0.455 e. The van der Waals surface area contributed by atoms with Gasteiger partial charge in [0.25, 0.3) is 11.9 Å². The molecule has 1 aromatic rings. The van der Waals surface area contributed by atoms with Crippen molar-refractivity contribution in [3.8, 4) is 0 Å². The first kappa shape index (κ1) is 16.0. The van der Waals surface area contributed by atoms with E-state index in [-0.39, 0.29) is 5.56 Å². The monoisotopic (exact) mass is 334 g/mol. The molecule has 1 saturated carbocycles. The van der Waals surface area contributed by atoms with Crippen molar-refractivity contribution in [3.05, 3.63) is 35.6 Å². The Bertz CT molecular complexity index is 653. The molecule has 23 heavy (non-hydrogen) atoms. The summed E-state index contributed by atoms with van der Waals surface area (Å²) in [7, 11) is 0. The van der Waals surface area contributed by atoms with E-state index in [0.29, 0.717) is 0 Å². The molecule has 126 valence electrons. The summed E-state index contributed by atoms with van der Waals surface area (Å²) < 4.78 is 74.9. The Hall–Kier alpha value is -1.86. The maximum atomic E-state index is 14.2. The van der Waals surface area contributed by atoms with E-state index in [9.17, 15) is 22.0 Å². The lowest BCUT2D eigenvalue weighted by Crippen LogP contribution is -2.57. The lowest BCUT2D eigenvalue weighted by Gasteiger charge is -2.45. The predicted octanol–water partition coefficient (Wildman–Crippen LogP) is 3.09. The average Bonchev–Trinajstić information content (AvgIpc) is 2.78. The Morgan fingerprint density at radius 2 is 1.91 bits per heavy atom. The van der Waals surface area contributed by atoms with Crippen LogP contribution < -0.4 is 5.73 Å². The van der Waals surface area contributed by atoms with Crippen molar-refractivity contribution in [3.63, 3.8) is 0 Å². The molecule has 0 radical (unpaired) electrons. The van der Waals surface area contributed by atoms with Crippen LogP contribution in [0.5, 0.6) is 0 Å². The van der Waals surface area contributed by atoms with Crippen molar-refractivity contribution in [1.82, 2.24) is 0 Å². The predicted molar refractivity (Wildman–Crippen MR) is 73.1 cm³/mol. The third kappa shape index (κ3) is 2.26. The SMILES string of the molecule is NC1=NC(CF)(c2ccccc2F)C2CC(F)(F)CC2(CF)O1. The lowest BCUT2D eigenvalue weighted by atomic mass is 9.71. The Balaban J connectivity index is 2.23. The summed E-state index contributed by atoms with van der Waals surface area (Å²) in [6, 6.07) is 4.51. The molecule has 3 atom stereocenters. The van der Waals surface area contributed by atoms with Gasteiger partial charge in [0.15, 0.2) is 5.60 Å². The van der Waals surface area contributed by atoms with Crippen molar-refractivity contribution < 1.29 is 26.7 Å². The van der Waals surface area contributed by atoms with E-state index in [1.165, 1.54) is 18.2 Å². The van der Waals surface area contributed by atoms with E-state index < -0.39 is 61.0 Å². The van der Waals surface area contributed by atoms with Crippen molar-refractivity contribution in [2.45, 2.75) is 29.9 Å². The summed E-state index contributed by atoms with van der Waals surface area (Å²) in [5.41, 5.74) is 1.24. The van der Waals surface area contributed by atoms with Gasteiger partial charge in [0.05, 0.1) is 6.42 Å². The van der Waals surface area contributed by atoms with Crippen molar-refractivity contribution in [2.24, 2.45) is 16.6 Å². The van der Waals surface area contributed by atoms with Crippen LogP contribution in [0.3, 0.4) is 0 Å². The van der Waals surface area contributed by atoms with E-state index in [2.05, 4.69) is 4.99 Å². The Morgan fingerprint density at radius 3 is 2.52 bits per heavy atom. The zero-order valence-electron chi connectivity index (χ0n) is 12.0. The Morgan fingerprint density at radius 1 is 1.22 bits per heavy atom. The van der Waals surface area contributed by atoms with Crippen LogP contribution in [0.25, 0.3) is 0 Å². The van der Waals surface area contributed by atoms with Gasteiger partial charge in [0, 0.05) is 17.9 Å². The van der Waals surface area contributed by atoms with Crippen molar-refractivity contribution in [1.29, 1.82) is 0 Å². The fourth-order valence-corrected chi connectivity index (χ4v) is 3.76. The van der Waals surface area contributed by atoms with Crippen LogP contribution in [-0.2, 0) is 10.3 Å². The highest BCUT2D eigenvalue weighted by Gasteiger charge is 2.67. The summed E-state index contributed by atoms with van der Waals surface area (Å²) >= 11 is 0. The molecule has 0 saturated heterocycles. The van der Waals surface area contributed by atoms with Crippen LogP contribution in [0.2, 0.25) is 0 Å². The zero-order valence-corrected chi connectivity index (χ0v) is 12.0.